The average molecular weight is 411 g/mol. The number of carbonyl (C=O) groups excluding carboxylic acids is 2. The monoisotopic (exact) mass is 410 g/mol. The van der Waals surface area contributed by atoms with Crippen molar-refractivity contribution >= 4 is 23.4 Å². The number of aromatic nitrogens is 2. The third-order valence-electron chi connectivity index (χ3n) is 4.88. The molecule has 0 aliphatic carbocycles. The van der Waals surface area contributed by atoms with Gasteiger partial charge in [-0.1, -0.05) is 28.9 Å². The number of carbonyl (C=O) groups is 2. The van der Waals surface area contributed by atoms with Gasteiger partial charge in [0.1, 0.15) is 0 Å². The van der Waals surface area contributed by atoms with Crippen molar-refractivity contribution in [2.45, 2.75) is 18.9 Å². The fraction of sp³-hybridized carbons (Fsp3) is 0.238. The number of benzene rings is 1. The highest BCUT2D eigenvalue weighted by molar-refractivity contribution is 6.30. The molecule has 8 heteroatoms. The number of halogens is 1. The number of rotatable bonds is 4. The molecule has 3 aromatic rings. The van der Waals surface area contributed by atoms with Gasteiger partial charge in [0.15, 0.2) is 11.5 Å². The van der Waals surface area contributed by atoms with Crippen LogP contribution >= 0.6 is 11.6 Å². The number of nitrogens with one attached hydrogen (secondary N) is 1. The first-order valence-electron chi connectivity index (χ1n) is 9.33. The highest BCUT2D eigenvalue weighted by atomic mass is 35.5. The Morgan fingerprint density at radius 2 is 1.97 bits per heavy atom. The molecule has 0 bridgehead atoms. The maximum atomic E-state index is 12.7. The van der Waals surface area contributed by atoms with Crippen LogP contribution in [0.25, 0.3) is 11.3 Å². The second kappa shape index (κ2) is 8.45. The van der Waals surface area contributed by atoms with E-state index >= 15 is 0 Å². The van der Waals surface area contributed by atoms with E-state index in [-0.39, 0.29) is 23.6 Å². The van der Waals surface area contributed by atoms with Crippen molar-refractivity contribution in [3.8, 4) is 11.3 Å². The van der Waals surface area contributed by atoms with Crippen LogP contribution in [0.4, 0.5) is 0 Å². The smallest absolute Gasteiger partial charge is 0.276 e. The predicted octanol–water partition coefficient (Wildman–Crippen LogP) is 3.42. The van der Waals surface area contributed by atoms with E-state index in [9.17, 15) is 9.59 Å². The van der Waals surface area contributed by atoms with E-state index in [4.69, 9.17) is 16.1 Å². The first kappa shape index (κ1) is 19.1. The standard InChI is InChI=1S/C21H19ClN4O3/c22-16-5-1-3-14(11-16)19-12-18(25-29-19)21(28)26-9-6-17(7-10-26)24-20(27)15-4-2-8-23-13-15/h1-5,8,11-13,17H,6-7,9-10H2,(H,24,27). The molecule has 0 radical (unpaired) electrons. The average Bonchev–Trinajstić information content (AvgIpc) is 3.25. The number of hydrogen-bond donors (Lipinski definition) is 1. The molecule has 0 unspecified atom stereocenters. The van der Waals surface area contributed by atoms with E-state index in [0.717, 1.165) is 5.56 Å². The topological polar surface area (TPSA) is 88.3 Å². The van der Waals surface area contributed by atoms with Crippen LogP contribution in [-0.4, -0.2) is 46.0 Å². The molecule has 1 aromatic carbocycles. The zero-order chi connectivity index (χ0) is 20.2. The Hall–Kier alpha value is -3.19. The Morgan fingerprint density at radius 1 is 1.14 bits per heavy atom. The molecule has 7 nitrogen and oxygen atoms in total. The minimum atomic E-state index is -0.181. The SMILES string of the molecule is O=C(NC1CCN(C(=O)c2cc(-c3cccc(Cl)c3)on2)CC1)c1cccnc1. The Bertz CT molecular complexity index is 1010. The van der Waals surface area contributed by atoms with Crippen LogP contribution in [0.2, 0.25) is 5.02 Å². The summed E-state index contributed by atoms with van der Waals surface area (Å²) in [6, 6.07) is 12.3. The van der Waals surface area contributed by atoms with E-state index in [1.807, 2.05) is 12.1 Å². The van der Waals surface area contributed by atoms with Crippen molar-refractivity contribution < 1.29 is 14.1 Å². The molecule has 2 amide bonds. The van der Waals surface area contributed by atoms with Gasteiger partial charge in [-0.05, 0) is 37.1 Å². The second-order valence-corrected chi connectivity index (χ2v) is 7.30. The van der Waals surface area contributed by atoms with E-state index in [2.05, 4.69) is 15.5 Å². The molecule has 0 spiro atoms. The van der Waals surface area contributed by atoms with Gasteiger partial charge in [0, 0.05) is 48.2 Å². The number of pyridine rings is 1. The Balaban J connectivity index is 1.34. The Labute approximate surface area is 172 Å². The van der Waals surface area contributed by atoms with Crippen LogP contribution in [0, 0.1) is 0 Å². The number of amides is 2. The maximum absolute atomic E-state index is 12.7. The summed E-state index contributed by atoms with van der Waals surface area (Å²) in [7, 11) is 0. The van der Waals surface area contributed by atoms with Crippen molar-refractivity contribution in [2.24, 2.45) is 0 Å². The quantitative estimate of drug-likeness (QED) is 0.711. The van der Waals surface area contributed by atoms with Gasteiger partial charge in [-0.2, -0.15) is 0 Å². The van der Waals surface area contributed by atoms with E-state index in [1.165, 1.54) is 6.20 Å². The van der Waals surface area contributed by atoms with Crippen LogP contribution < -0.4 is 5.32 Å². The summed E-state index contributed by atoms with van der Waals surface area (Å²) < 4.78 is 5.32. The first-order chi connectivity index (χ1) is 14.1. The molecule has 4 rings (SSSR count). The summed E-state index contributed by atoms with van der Waals surface area (Å²) in [4.78, 5) is 30.7. The van der Waals surface area contributed by atoms with E-state index in [1.54, 1.807) is 41.4 Å². The van der Waals surface area contributed by atoms with Gasteiger partial charge >= 0.3 is 0 Å². The molecule has 1 fully saturated rings. The zero-order valence-corrected chi connectivity index (χ0v) is 16.3. The van der Waals surface area contributed by atoms with Gasteiger partial charge in [-0.3, -0.25) is 14.6 Å². The zero-order valence-electron chi connectivity index (χ0n) is 15.5. The minimum absolute atomic E-state index is 0.0195. The molecule has 29 heavy (non-hydrogen) atoms. The summed E-state index contributed by atoms with van der Waals surface area (Å²) in [6.07, 6.45) is 4.52. The van der Waals surface area contributed by atoms with Gasteiger partial charge in [-0.25, -0.2) is 0 Å². The third-order valence-corrected chi connectivity index (χ3v) is 5.11. The van der Waals surface area contributed by atoms with Crippen molar-refractivity contribution in [3.63, 3.8) is 0 Å². The van der Waals surface area contributed by atoms with Crippen molar-refractivity contribution in [1.82, 2.24) is 20.4 Å². The van der Waals surface area contributed by atoms with Gasteiger partial charge in [0.2, 0.25) is 0 Å². The summed E-state index contributed by atoms with van der Waals surface area (Å²) in [5.74, 6) is 0.166. The molecule has 1 aliphatic heterocycles. The minimum Gasteiger partial charge on any atom is -0.355 e. The molecule has 2 aromatic heterocycles. The molecule has 1 aliphatic rings. The van der Waals surface area contributed by atoms with Crippen molar-refractivity contribution in [3.05, 3.63) is 71.1 Å². The number of hydrogen-bond acceptors (Lipinski definition) is 5. The van der Waals surface area contributed by atoms with E-state index < -0.39 is 0 Å². The lowest BCUT2D eigenvalue weighted by atomic mass is 10.0. The lowest BCUT2D eigenvalue weighted by molar-refractivity contribution is 0.0688. The largest absolute Gasteiger partial charge is 0.355 e. The van der Waals surface area contributed by atoms with Gasteiger partial charge in [0.05, 0.1) is 5.56 Å². The van der Waals surface area contributed by atoms with Crippen LogP contribution in [0.15, 0.2) is 59.4 Å². The first-order valence-corrected chi connectivity index (χ1v) is 9.71. The molecule has 0 saturated carbocycles. The van der Waals surface area contributed by atoms with Crippen LogP contribution in [0.3, 0.4) is 0 Å². The Kier molecular flexibility index (Phi) is 5.57. The molecular weight excluding hydrogens is 392 g/mol. The lowest BCUT2D eigenvalue weighted by Crippen LogP contribution is -2.46. The lowest BCUT2D eigenvalue weighted by Gasteiger charge is -2.31. The highest BCUT2D eigenvalue weighted by Crippen LogP contribution is 2.24. The summed E-state index contributed by atoms with van der Waals surface area (Å²) in [5, 5.41) is 7.51. The molecule has 0 atom stereocenters. The summed E-state index contributed by atoms with van der Waals surface area (Å²) in [6.45, 7) is 1.08. The van der Waals surface area contributed by atoms with Crippen LogP contribution in [0.1, 0.15) is 33.7 Å². The van der Waals surface area contributed by atoms with Gasteiger partial charge in [0.25, 0.3) is 11.8 Å². The van der Waals surface area contributed by atoms with Gasteiger partial charge < -0.3 is 14.7 Å². The maximum Gasteiger partial charge on any atom is 0.276 e. The van der Waals surface area contributed by atoms with Gasteiger partial charge in [-0.15, -0.1) is 0 Å². The molecule has 1 N–H and O–H groups in total. The highest BCUT2D eigenvalue weighted by Gasteiger charge is 2.27. The normalized spacial score (nSPS) is 14.6. The Morgan fingerprint density at radius 3 is 2.69 bits per heavy atom. The van der Waals surface area contributed by atoms with Crippen LogP contribution in [0.5, 0.6) is 0 Å². The third kappa shape index (κ3) is 4.46. The number of piperidine rings is 1. The number of likely N-dealkylation sites (tertiary alicyclic amines) is 1. The van der Waals surface area contributed by atoms with Crippen molar-refractivity contribution in [1.29, 1.82) is 0 Å². The summed E-state index contributed by atoms with van der Waals surface area (Å²) >= 11 is 6.00. The molecule has 148 valence electrons. The van der Waals surface area contributed by atoms with E-state index in [0.29, 0.717) is 42.3 Å². The van der Waals surface area contributed by atoms with Crippen molar-refractivity contribution in [2.75, 3.05) is 13.1 Å². The molecular formula is C21H19ClN4O3. The fourth-order valence-electron chi connectivity index (χ4n) is 3.31. The second-order valence-electron chi connectivity index (χ2n) is 6.87. The van der Waals surface area contributed by atoms with Crippen LogP contribution in [-0.2, 0) is 0 Å². The molecule has 3 heterocycles. The number of nitrogens with zero attached hydrogens (tertiary/aromatic N) is 3. The molecule has 1 saturated heterocycles. The predicted molar refractivity (Wildman–Crippen MR) is 108 cm³/mol. The summed E-state index contributed by atoms with van der Waals surface area (Å²) in [5.41, 5.74) is 1.56. The fourth-order valence-corrected chi connectivity index (χ4v) is 3.50.